The van der Waals surface area contributed by atoms with Gasteiger partial charge in [-0.3, -0.25) is 4.79 Å². The number of benzene rings is 1. The van der Waals surface area contributed by atoms with Crippen LogP contribution in [0.2, 0.25) is 0 Å². The van der Waals surface area contributed by atoms with E-state index in [0.717, 1.165) is 31.4 Å². The fourth-order valence-electron chi connectivity index (χ4n) is 1.77. The highest BCUT2D eigenvalue weighted by molar-refractivity contribution is 5.78. The number of amides is 1. The quantitative estimate of drug-likeness (QED) is 0.721. The van der Waals surface area contributed by atoms with Gasteiger partial charge in [-0.2, -0.15) is 0 Å². The Morgan fingerprint density at radius 3 is 2.78 bits per heavy atom. The molecule has 0 bridgehead atoms. The molecule has 0 aromatic heterocycles. The van der Waals surface area contributed by atoms with E-state index in [9.17, 15) is 9.90 Å². The summed E-state index contributed by atoms with van der Waals surface area (Å²) in [6.07, 6.45) is 3.39. The summed E-state index contributed by atoms with van der Waals surface area (Å²) in [5.74, 6) is 0.277. The Hall–Kier alpha value is -1.55. The van der Waals surface area contributed by atoms with E-state index in [1.54, 1.807) is 23.1 Å². The number of likely N-dealkylation sites (N-methyl/N-ethyl adjacent to an activating group) is 1. The van der Waals surface area contributed by atoms with Crippen molar-refractivity contribution in [3.63, 3.8) is 0 Å². The molecule has 0 radical (unpaired) electrons. The number of rotatable bonds is 7. The molecule has 0 aliphatic carbocycles. The molecule has 0 heterocycles. The average Bonchev–Trinajstić information content (AvgIpc) is 2.34. The number of nitrogens with two attached hydrogens (primary N) is 1. The van der Waals surface area contributed by atoms with Crippen molar-refractivity contribution in [2.45, 2.75) is 25.7 Å². The van der Waals surface area contributed by atoms with E-state index >= 15 is 0 Å². The number of unbranched alkanes of at least 4 members (excludes halogenated alkanes) is 2. The molecule has 4 nitrogen and oxygen atoms in total. The maximum atomic E-state index is 11.9. The van der Waals surface area contributed by atoms with Crippen LogP contribution in [0, 0.1) is 0 Å². The lowest BCUT2D eigenvalue weighted by Crippen LogP contribution is -2.29. The molecule has 1 rings (SSSR count). The highest BCUT2D eigenvalue weighted by Crippen LogP contribution is 2.12. The summed E-state index contributed by atoms with van der Waals surface area (Å²) in [5, 5.41) is 9.33. The lowest BCUT2D eigenvalue weighted by molar-refractivity contribution is -0.129. The molecule has 3 N–H and O–H groups in total. The number of carbonyl (C=O) groups is 1. The molecule has 0 spiro atoms. The zero-order chi connectivity index (χ0) is 13.4. The van der Waals surface area contributed by atoms with Crippen molar-refractivity contribution in [1.29, 1.82) is 0 Å². The van der Waals surface area contributed by atoms with Gasteiger partial charge in [0.2, 0.25) is 5.91 Å². The van der Waals surface area contributed by atoms with Crippen LogP contribution in [0.4, 0.5) is 0 Å². The van der Waals surface area contributed by atoms with Crippen LogP contribution < -0.4 is 5.73 Å². The average molecular weight is 250 g/mol. The van der Waals surface area contributed by atoms with Crippen LogP contribution in [0.5, 0.6) is 5.75 Å². The molecule has 18 heavy (non-hydrogen) atoms. The zero-order valence-corrected chi connectivity index (χ0v) is 10.9. The maximum absolute atomic E-state index is 11.9. The van der Waals surface area contributed by atoms with Gasteiger partial charge in [-0.05, 0) is 37.1 Å². The maximum Gasteiger partial charge on any atom is 0.226 e. The van der Waals surface area contributed by atoms with Crippen LogP contribution in [-0.4, -0.2) is 36.1 Å². The fourth-order valence-corrected chi connectivity index (χ4v) is 1.77. The second-order valence-corrected chi connectivity index (χ2v) is 4.51. The minimum absolute atomic E-state index is 0.0772. The molecule has 1 aromatic rings. The Kier molecular flexibility index (Phi) is 6.22. The Balaban J connectivity index is 2.35. The van der Waals surface area contributed by atoms with E-state index in [4.69, 9.17) is 5.73 Å². The molecule has 0 atom stereocenters. The molecule has 0 unspecified atom stereocenters. The van der Waals surface area contributed by atoms with Crippen molar-refractivity contribution >= 4 is 5.91 Å². The minimum Gasteiger partial charge on any atom is -0.508 e. The number of phenols is 1. The molecule has 1 aromatic carbocycles. The number of hydrogen-bond acceptors (Lipinski definition) is 3. The van der Waals surface area contributed by atoms with Gasteiger partial charge < -0.3 is 15.7 Å². The van der Waals surface area contributed by atoms with Gasteiger partial charge in [0.05, 0.1) is 6.42 Å². The first kappa shape index (κ1) is 14.5. The van der Waals surface area contributed by atoms with E-state index < -0.39 is 0 Å². The Bertz CT molecular complexity index is 380. The summed E-state index contributed by atoms with van der Waals surface area (Å²) in [6.45, 7) is 1.47. The van der Waals surface area contributed by atoms with E-state index in [0.29, 0.717) is 13.0 Å². The summed E-state index contributed by atoms with van der Waals surface area (Å²) in [7, 11) is 1.81. The SMILES string of the molecule is CN(CCCCCN)C(=O)Cc1cccc(O)c1. The van der Waals surface area contributed by atoms with Crippen molar-refractivity contribution < 1.29 is 9.90 Å². The second kappa shape index (κ2) is 7.71. The van der Waals surface area contributed by atoms with Gasteiger partial charge >= 0.3 is 0 Å². The third kappa shape index (κ3) is 5.19. The summed E-state index contributed by atoms with van der Waals surface area (Å²) < 4.78 is 0. The Morgan fingerprint density at radius 2 is 2.11 bits per heavy atom. The molecular weight excluding hydrogens is 228 g/mol. The number of carbonyl (C=O) groups excluding carboxylic acids is 1. The van der Waals surface area contributed by atoms with Crippen molar-refractivity contribution in [3.8, 4) is 5.75 Å². The molecule has 4 heteroatoms. The summed E-state index contributed by atoms with van der Waals surface area (Å²) in [6, 6.07) is 6.82. The van der Waals surface area contributed by atoms with E-state index in [1.165, 1.54) is 0 Å². The van der Waals surface area contributed by atoms with Crippen LogP contribution in [0.25, 0.3) is 0 Å². The van der Waals surface area contributed by atoms with Crippen LogP contribution in [0.3, 0.4) is 0 Å². The van der Waals surface area contributed by atoms with Gasteiger partial charge in [0.1, 0.15) is 5.75 Å². The van der Waals surface area contributed by atoms with Gasteiger partial charge in [-0.25, -0.2) is 0 Å². The second-order valence-electron chi connectivity index (χ2n) is 4.51. The predicted octanol–water partition coefficient (Wildman–Crippen LogP) is 1.52. The van der Waals surface area contributed by atoms with Gasteiger partial charge in [0, 0.05) is 13.6 Å². The van der Waals surface area contributed by atoms with Crippen LogP contribution in [0.15, 0.2) is 24.3 Å². The predicted molar refractivity (Wildman–Crippen MR) is 72.4 cm³/mol. The monoisotopic (exact) mass is 250 g/mol. The van der Waals surface area contributed by atoms with Crippen molar-refractivity contribution in [3.05, 3.63) is 29.8 Å². The summed E-state index contributed by atoms with van der Waals surface area (Å²) in [4.78, 5) is 13.6. The molecule has 0 aliphatic heterocycles. The van der Waals surface area contributed by atoms with Crippen molar-refractivity contribution in [2.75, 3.05) is 20.1 Å². The lowest BCUT2D eigenvalue weighted by atomic mass is 10.1. The molecule has 0 fully saturated rings. The lowest BCUT2D eigenvalue weighted by Gasteiger charge is -2.17. The first-order valence-corrected chi connectivity index (χ1v) is 6.35. The highest BCUT2D eigenvalue weighted by atomic mass is 16.3. The molecule has 100 valence electrons. The molecule has 0 saturated heterocycles. The summed E-state index contributed by atoms with van der Waals surface area (Å²) in [5.41, 5.74) is 6.26. The van der Waals surface area contributed by atoms with Crippen LogP contribution in [0.1, 0.15) is 24.8 Å². The molecular formula is C14H22N2O2. The fraction of sp³-hybridized carbons (Fsp3) is 0.500. The van der Waals surface area contributed by atoms with E-state index in [2.05, 4.69) is 0 Å². The third-order valence-electron chi connectivity index (χ3n) is 2.89. The molecule has 1 amide bonds. The molecule has 0 saturated carbocycles. The van der Waals surface area contributed by atoms with Gasteiger partial charge in [-0.15, -0.1) is 0 Å². The first-order valence-electron chi connectivity index (χ1n) is 6.35. The number of phenolic OH excluding ortho intramolecular Hbond substituents is 1. The van der Waals surface area contributed by atoms with E-state index in [-0.39, 0.29) is 11.7 Å². The van der Waals surface area contributed by atoms with Crippen LogP contribution in [-0.2, 0) is 11.2 Å². The highest BCUT2D eigenvalue weighted by Gasteiger charge is 2.09. The Labute approximate surface area is 108 Å². The Morgan fingerprint density at radius 1 is 1.33 bits per heavy atom. The normalized spacial score (nSPS) is 10.3. The minimum atomic E-state index is 0.0772. The standard InChI is InChI=1S/C14H22N2O2/c1-16(9-4-2-3-8-15)14(18)11-12-6-5-7-13(17)10-12/h5-7,10,17H,2-4,8-9,11,15H2,1H3. The first-order chi connectivity index (χ1) is 8.63. The zero-order valence-electron chi connectivity index (χ0n) is 10.9. The van der Waals surface area contributed by atoms with Gasteiger partial charge in [0.25, 0.3) is 0 Å². The number of aromatic hydroxyl groups is 1. The van der Waals surface area contributed by atoms with Crippen molar-refractivity contribution in [2.24, 2.45) is 5.73 Å². The topological polar surface area (TPSA) is 66.6 Å². The number of nitrogens with zero attached hydrogens (tertiary/aromatic N) is 1. The van der Waals surface area contributed by atoms with Gasteiger partial charge in [-0.1, -0.05) is 18.6 Å². The smallest absolute Gasteiger partial charge is 0.226 e. The van der Waals surface area contributed by atoms with Crippen LogP contribution >= 0.6 is 0 Å². The van der Waals surface area contributed by atoms with E-state index in [1.807, 2.05) is 13.1 Å². The molecule has 0 aliphatic rings. The summed E-state index contributed by atoms with van der Waals surface area (Å²) >= 11 is 0. The number of hydrogen-bond donors (Lipinski definition) is 2. The largest absolute Gasteiger partial charge is 0.508 e. The van der Waals surface area contributed by atoms with Gasteiger partial charge in [0.15, 0.2) is 0 Å². The third-order valence-corrected chi connectivity index (χ3v) is 2.89. The van der Waals surface area contributed by atoms with Crippen molar-refractivity contribution in [1.82, 2.24) is 4.90 Å².